The molecule has 2 saturated heterocycles. The Labute approximate surface area is 267 Å². The van der Waals surface area contributed by atoms with E-state index in [1.165, 1.54) is 22.1 Å². The van der Waals surface area contributed by atoms with Crippen LogP contribution >= 0.6 is 0 Å². The van der Waals surface area contributed by atoms with Crippen molar-refractivity contribution in [3.8, 4) is 0 Å². The lowest BCUT2D eigenvalue weighted by Crippen LogP contribution is -2.51. The molecule has 0 saturated carbocycles. The minimum absolute atomic E-state index is 0.00883. The van der Waals surface area contributed by atoms with Gasteiger partial charge in [0.15, 0.2) is 11.6 Å². The van der Waals surface area contributed by atoms with Crippen molar-refractivity contribution in [1.82, 2.24) is 29.9 Å². The first-order chi connectivity index (χ1) is 22.7. The fraction of sp³-hybridized carbons (Fsp3) is 0.250. The molecule has 1 atom stereocenters. The maximum absolute atomic E-state index is 15.3. The highest BCUT2D eigenvalue weighted by molar-refractivity contribution is 5.95. The highest BCUT2D eigenvalue weighted by Crippen LogP contribution is 2.31. The molecule has 4 heterocycles. The number of benzene rings is 2. The van der Waals surface area contributed by atoms with Crippen LogP contribution in [0.2, 0.25) is 0 Å². The highest BCUT2D eigenvalue weighted by atomic mass is 19.1. The molecule has 0 radical (unpaired) electrons. The molecule has 6 rings (SSSR count). The van der Waals surface area contributed by atoms with Gasteiger partial charge in [-0.2, -0.15) is 0 Å². The molecule has 13 nitrogen and oxygen atoms in total. The summed E-state index contributed by atoms with van der Waals surface area (Å²) in [4.78, 5) is 62.2. The number of cyclic esters (lactones) is 1. The van der Waals surface area contributed by atoms with Gasteiger partial charge in [-0.3, -0.25) is 23.7 Å². The summed E-state index contributed by atoms with van der Waals surface area (Å²) in [6, 6.07) is 13.1. The van der Waals surface area contributed by atoms with Crippen LogP contribution in [-0.4, -0.2) is 95.0 Å². The molecule has 2 aromatic carbocycles. The van der Waals surface area contributed by atoms with E-state index in [0.717, 1.165) is 22.6 Å². The van der Waals surface area contributed by atoms with Gasteiger partial charge in [0.1, 0.15) is 17.5 Å². The molecular weight excluding hydrogens is 614 g/mol. The summed E-state index contributed by atoms with van der Waals surface area (Å²) in [5, 5.41) is 5.21. The number of carbonyl (C=O) groups is 4. The fourth-order valence-electron chi connectivity index (χ4n) is 5.34. The number of rotatable bonds is 9. The number of nitrogens with zero attached hydrogens (tertiary/aromatic N) is 6. The van der Waals surface area contributed by atoms with Crippen LogP contribution < -0.4 is 20.4 Å². The minimum Gasteiger partial charge on any atom is -0.442 e. The summed E-state index contributed by atoms with van der Waals surface area (Å²) in [7, 11) is 0. The molecule has 4 amide bonds. The van der Waals surface area contributed by atoms with E-state index in [4.69, 9.17) is 4.74 Å². The number of amides is 4. The van der Waals surface area contributed by atoms with Gasteiger partial charge in [-0.05, 0) is 17.7 Å². The molecule has 0 bridgehead atoms. The number of halogens is 2. The first-order valence-corrected chi connectivity index (χ1v) is 14.8. The Bertz CT molecular complexity index is 1790. The number of fused-ring (bicyclic) bond motifs is 1. The molecule has 0 aliphatic carbocycles. The van der Waals surface area contributed by atoms with E-state index in [9.17, 15) is 19.2 Å². The zero-order valence-electron chi connectivity index (χ0n) is 25.0. The highest BCUT2D eigenvalue weighted by Gasteiger charge is 2.34. The SMILES string of the molecule is O=C(C=Cc1ccccc1)NCC1CN(c2cc(F)c(N3CCN(C(=O)CNC(=O)c4cn5cccnc5n4)CC3)c(F)c2)C(=O)O1. The number of hydrogen-bond acceptors (Lipinski definition) is 8. The van der Waals surface area contributed by atoms with E-state index in [0.29, 0.717) is 5.78 Å². The summed E-state index contributed by atoms with van der Waals surface area (Å²) in [6.07, 6.45) is 6.27. The Hall–Kier alpha value is -5.86. The zero-order chi connectivity index (χ0) is 32.9. The van der Waals surface area contributed by atoms with Gasteiger partial charge in [0.25, 0.3) is 5.91 Å². The van der Waals surface area contributed by atoms with Crippen molar-refractivity contribution in [2.24, 2.45) is 0 Å². The summed E-state index contributed by atoms with van der Waals surface area (Å²) in [5.41, 5.74) is 0.685. The normalized spacial score (nSPS) is 16.5. The molecule has 2 aliphatic rings. The molecule has 2 aliphatic heterocycles. The maximum atomic E-state index is 15.3. The molecule has 47 heavy (non-hydrogen) atoms. The topological polar surface area (TPSA) is 141 Å². The number of carbonyl (C=O) groups excluding carboxylic acids is 4. The molecular formula is C32H30F2N8O5. The predicted molar refractivity (Wildman–Crippen MR) is 167 cm³/mol. The van der Waals surface area contributed by atoms with Crippen LogP contribution in [0.3, 0.4) is 0 Å². The van der Waals surface area contributed by atoms with Gasteiger partial charge in [-0.1, -0.05) is 30.3 Å². The number of imidazole rings is 1. The van der Waals surface area contributed by atoms with E-state index >= 15 is 8.78 Å². The standard InChI is InChI=1S/C32H30F2N8O5/c33-24-15-22(42-19-23(47-32(42)46)17-36-27(43)8-7-21-5-2-1-3-6-21)16-25(34)29(24)40-13-11-39(12-14-40)28(44)18-37-30(45)26-20-41-10-4-9-35-31(41)38-26/h1-10,15-16,20,23H,11-14,17-19H2,(H,36,43)(H,37,45). The lowest BCUT2D eigenvalue weighted by molar-refractivity contribution is -0.130. The second kappa shape index (κ2) is 13.6. The van der Waals surface area contributed by atoms with E-state index in [1.807, 2.05) is 30.3 Å². The van der Waals surface area contributed by atoms with E-state index < -0.39 is 29.7 Å². The van der Waals surface area contributed by atoms with Crippen molar-refractivity contribution >= 4 is 47.0 Å². The van der Waals surface area contributed by atoms with Gasteiger partial charge < -0.3 is 25.2 Å². The third-order valence-electron chi connectivity index (χ3n) is 7.74. The molecule has 242 valence electrons. The fourth-order valence-corrected chi connectivity index (χ4v) is 5.34. The third-order valence-corrected chi connectivity index (χ3v) is 7.74. The van der Waals surface area contributed by atoms with Crippen molar-refractivity contribution in [3.05, 3.63) is 96.1 Å². The Kier molecular flexibility index (Phi) is 9.04. The number of aromatic nitrogens is 3. The summed E-state index contributed by atoms with van der Waals surface area (Å²) >= 11 is 0. The summed E-state index contributed by atoms with van der Waals surface area (Å²) in [5.74, 6) is -2.64. The molecule has 2 fully saturated rings. The van der Waals surface area contributed by atoms with Crippen molar-refractivity contribution in [3.63, 3.8) is 0 Å². The molecule has 2 aromatic heterocycles. The van der Waals surface area contributed by atoms with Crippen molar-refractivity contribution < 1.29 is 32.7 Å². The van der Waals surface area contributed by atoms with Crippen LogP contribution in [0.25, 0.3) is 11.9 Å². The summed E-state index contributed by atoms with van der Waals surface area (Å²) in [6.45, 7) is 0.409. The first-order valence-electron chi connectivity index (χ1n) is 14.8. The average Bonchev–Trinajstić information content (AvgIpc) is 3.69. The van der Waals surface area contributed by atoms with Gasteiger partial charge in [0, 0.05) is 63.0 Å². The van der Waals surface area contributed by atoms with Gasteiger partial charge in [0.2, 0.25) is 17.6 Å². The van der Waals surface area contributed by atoms with Crippen LogP contribution in [0, 0.1) is 11.6 Å². The van der Waals surface area contributed by atoms with Crippen LogP contribution in [0.1, 0.15) is 16.1 Å². The minimum atomic E-state index is -0.871. The van der Waals surface area contributed by atoms with E-state index in [2.05, 4.69) is 20.6 Å². The molecule has 2 N–H and O–H groups in total. The monoisotopic (exact) mass is 644 g/mol. The quantitative estimate of drug-likeness (QED) is 0.265. The van der Waals surface area contributed by atoms with Crippen molar-refractivity contribution in [2.75, 3.05) is 55.6 Å². The van der Waals surface area contributed by atoms with Crippen LogP contribution in [0.15, 0.2) is 73.2 Å². The second-order valence-corrected chi connectivity index (χ2v) is 10.9. The van der Waals surface area contributed by atoms with Crippen LogP contribution in [0.5, 0.6) is 0 Å². The number of ether oxygens (including phenoxy) is 1. The predicted octanol–water partition coefficient (Wildman–Crippen LogP) is 2.24. The second-order valence-electron chi connectivity index (χ2n) is 10.9. The van der Waals surface area contributed by atoms with Gasteiger partial charge in [-0.15, -0.1) is 0 Å². The lowest BCUT2D eigenvalue weighted by Gasteiger charge is -2.36. The number of anilines is 2. The van der Waals surface area contributed by atoms with Gasteiger partial charge in [-0.25, -0.2) is 23.5 Å². The van der Waals surface area contributed by atoms with Crippen LogP contribution in [-0.2, 0) is 14.3 Å². The molecule has 4 aromatic rings. The van der Waals surface area contributed by atoms with E-state index in [1.54, 1.807) is 28.9 Å². The Morgan fingerprint density at radius 3 is 2.47 bits per heavy atom. The maximum Gasteiger partial charge on any atom is 0.414 e. The lowest BCUT2D eigenvalue weighted by atomic mass is 10.2. The van der Waals surface area contributed by atoms with Crippen LogP contribution in [0.4, 0.5) is 25.0 Å². The van der Waals surface area contributed by atoms with E-state index in [-0.39, 0.29) is 74.7 Å². The number of piperazine rings is 1. The van der Waals surface area contributed by atoms with Gasteiger partial charge in [0.05, 0.1) is 25.3 Å². The Morgan fingerprint density at radius 1 is 1.00 bits per heavy atom. The average molecular weight is 645 g/mol. The Morgan fingerprint density at radius 2 is 1.74 bits per heavy atom. The largest absolute Gasteiger partial charge is 0.442 e. The first kappa shape index (κ1) is 31.1. The van der Waals surface area contributed by atoms with Crippen molar-refractivity contribution in [2.45, 2.75) is 6.10 Å². The molecule has 0 spiro atoms. The third kappa shape index (κ3) is 7.19. The Balaban J connectivity index is 0.989. The molecule has 15 heteroatoms. The molecule has 1 unspecified atom stereocenters. The zero-order valence-corrected chi connectivity index (χ0v) is 25.0. The number of nitrogens with one attached hydrogen (secondary N) is 2. The van der Waals surface area contributed by atoms with Gasteiger partial charge >= 0.3 is 6.09 Å². The number of hydrogen-bond donors (Lipinski definition) is 2. The smallest absolute Gasteiger partial charge is 0.414 e. The van der Waals surface area contributed by atoms with Crippen molar-refractivity contribution in [1.29, 1.82) is 0 Å². The summed E-state index contributed by atoms with van der Waals surface area (Å²) < 4.78 is 37.5.